The van der Waals surface area contributed by atoms with Crippen LogP contribution in [0.4, 0.5) is 11.4 Å². The van der Waals surface area contributed by atoms with Crippen molar-refractivity contribution in [1.29, 1.82) is 0 Å². The van der Waals surface area contributed by atoms with E-state index in [0.717, 1.165) is 0 Å². The van der Waals surface area contributed by atoms with Gasteiger partial charge < -0.3 is 0 Å². The molecule has 0 N–H and O–H groups in total. The highest BCUT2D eigenvalue weighted by molar-refractivity contribution is 5.57. The summed E-state index contributed by atoms with van der Waals surface area (Å²) in [5, 5.41) is 21.7. The van der Waals surface area contributed by atoms with Crippen molar-refractivity contribution in [3.63, 3.8) is 0 Å². The van der Waals surface area contributed by atoms with E-state index >= 15 is 0 Å². The summed E-state index contributed by atoms with van der Waals surface area (Å²) in [7, 11) is 0. The smallest absolute Gasteiger partial charge is 0.258 e. The fraction of sp³-hybridized carbons (Fsp3) is 0.400. The number of nitro groups is 2. The average molecular weight is 224 g/mol. The molecule has 0 aliphatic carbocycles. The van der Waals surface area contributed by atoms with Gasteiger partial charge in [0.1, 0.15) is 5.56 Å². The lowest BCUT2D eigenvalue weighted by Crippen LogP contribution is -2.03. The first-order valence-corrected chi connectivity index (χ1v) is 4.78. The van der Waals surface area contributed by atoms with Gasteiger partial charge in [-0.25, -0.2) is 0 Å². The van der Waals surface area contributed by atoms with E-state index in [1.54, 1.807) is 20.8 Å². The maximum atomic E-state index is 10.8. The van der Waals surface area contributed by atoms with Gasteiger partial charge in [0.25, 0.3) is 11.4 Å². The summed E-state index contributed by atoms with van der Waals surface area (Å²) in [6.07, 6.45) is 0. The fourth-order valence-corrected chi connectivity index (χ4v) is 1.65. The van der Waals surface area contributed by atoms with Crippen LogP contribution in [0.2, 0.25) is 0 Å². The second kappa shape index (κ2) is 4.26. The number of hydrogen-bond acceptors (Lipinski definition) is 4. The van der Waals surface area contributed by atoms with E-state index in [0.29, 0.717) is 5.56 Å². The van der Waals surface area contributed by atoms with Crippen LogP contribution >= 0.6 is 0 Å². The molecular formula is C10H12N2O4. The monoisotopic (exact) mass is 224 g/mol. The van der Waals surface area contributed by atoms with Gasteiger partial charge in [0.2, 0.25) is 0 Å². The minimum absolute atomic E-state index is 0.179. The molecule has 1 aromatic carbocycles. The van der Waals surface area contributed by atoms with Gasteiger partial charge in [-0.1, -0.05) is 13.8 Å². The number of aryl methyl sites for hydroxylation is 1. The molecule has 0 saturated heterocycles. The molecule has 0 atom stereocenters. The Bertz CT molecular complexity index is 419. The summed E-state index contributed by atoms with van der Waals surface area (Å²) in [5.41, 5.74) is 0.340. The van der Waals surface area contributed by atoms with Crippen LogP contribution in [0.3, 0.4) is 0 Å². The van der Waals surface area contributed by atoms with Gasteiger partial charge in [0.15, 0.2) is 0 Å². The Kier molecular flexibility index (Phi) is 3.22. The largest absolute Gasteiger partial charge is 0.280 e. The molecule has 0 radical (unpaired) electrons. The Morgan fingerprint density at radius 2 is 1.44 bits per heavy atom. The van der Waals surface area contributed by atoms with Gasteiger partial charge in [-0.2, -0.15) is 0 Å². The summed E-state index contributed by atoms with van der Waals surface area (Å²) >= 11 is 0. The SMILES string of the molecule is Cc1cc([N+](=O)[O-])c(C(C)C)c([N+](=O)[O-])c1. The van der Waals surface area contributed by atoms with E-state index < -0.39 is 9.85 Å². The summed E-state index contributed by atoms with van der Waals surface area (Å²) in [5.74, 6) is -0.263. The zero-order valence-corrected chi connectivity index (χ0v) is 9.26. The second-order valence-corrected chi connectivity index (χ2v) is 3.89. The summed E-state index contributed by atoms with van der Waals surface area (Å²) in [6.45, 7) is 5.00. The van der Waals surface area contributed by atoms with Crippen LogP contribution in [-0.2, 0) is 0 Å². The Balaban J connectivity index is 3.60. The Morgan fingerprint density at radius 3 is 1.69 bits per heavy atom. The molecule has 0 unspecified atom stereocenters. The van der Waals surface area contributed by atoms with Crippen LogP contribution in [0, 0.1) is 27.2 Å². The minimum atomic E-state index is -0.574. The molecule has 6 heteroatoms. The highest BCUT2D eigenvalue weighted by Crippen LogP contribution is 2.35. The normalized spacial score (nSPS) is 10.5. The maximum absolute atomic E-state index is 10.8. The molecular weight excluding hydrogens is 212 g/mol. The van der Waals surface area contributed by atoms with Crippen LogP contribution in [-0.4, -0.2) is 9.85 Å². The van der Waals surface area contributed by atoms with E-state index in [1.165, 1.54) is 12.1 Å². The van der Waals surface area contributed by atoms with Gasteiger partial charge in [-0.15, -0.1) is 0 Å². The van der Waals surface area contributed by atoms with Crippen molar-refractivity contribution >= 4 is 11.4 Å². The van der Waals surface area contributed by atoms with Crippen molar-refractivity contribution in [3.05, 3.63) is 43.5 Å². The molecule has 0 saturated carbocycles. The molecule has 0 spiro atoms. The molecule has 0 aromatic heterocycles. The molecule has 1 rings (SSSR count). The zero-order valence-electron chi connectivity index (χ0n) is 9.26. The van der Waals surface area contributed by atoms with Crippen molar-refractivity contribution < 1.29 is 9.85 Å². The van der Waals surface area contributed by atoms with Gasteiger partial charge in [0.05, 0.1) is 9.85 Å². The molecule has 0 fully saturated rings. The average Bonchev–Trinajstić information content (AvgIpc) is 2.15. The Labute approximate surface area is 92.2 Å². The number of benzene rings is 1. The van der Waals surface area contributed by atoms with Crippen LogP contribution < -0.4 is 0 Å². The summed E-state index contributed by atoms with van der Waals surface area (Å²) in [6, 6.07) is 2.73. The summed E-state index contributed by atoms with van der Waals surface area (Å²) in [4.78, 5) is 20.5. The quantitative estimate of drug-likeness (QED) is 0.583. The third kappa shape index (κ3) is 2.16. The lowest BCUT2D eigenvalue weighted by atomic mass is 9.97. The molecule has 0 aliphatic rings. The number of nitro benzene ring substituents is 2. The molecule has 0 amide bonds. The minimum Gasteiger partial charge on any atom is -0.258 e. The van der Waals surface area contributed by atoms with Crippen molar-refractivity contribution in [2.24, 2.45) is 0 Å². The Hall–Kier alpha value is -1.98. The molecule has 0 aliphatic heterocycles. The van der Waals surface area contributed by atoms with Crippen molar-refractivity contribution in [1.82, 2.24) is 0 Å². The van der Waals surface area contributed by atoms with E-state index in [1.807, 2.05) is 0 Å². The third-order valence-corrected chi connectivity index (χ3v) is 2.25. The van der Waals surface area contributed by atoms with Gasteiger partial charge in [-0.3, -0.25) is 20.2 Å². The Morgan fingerprint density at radius 1 is 1.06 bits per heavy atom. The highest BCUT2D eigenvalue weighted by atomic mass is 16.6. The van der Waals surface area contributed by atoms with E-state index in [-0.39, 0.29) is 22.9 Å². The lowest BCUT2D eigenvalue weighted by Gasteiger charge is -2.08. The fourth-order valence-electron chi connectivity index (χ4n) is 1.65. The van der Waals surface area contributed by atoms with E-state index in [4.69, 9.17) is 0 Å². The summed E-state index contributed by atoms with van der Waals surface area (Å²) < 4.78 is 0. The number of rotatable bonds is 3. The van der Waals surface area contributed by atoms with E-state index in [2.05, 4.69) is 0 Å². The predicted molar refractivity (Wildman–Crippen MR) is 58.6 cm³/mol. The molecule has 1 aromatic rings. The van der Waals surface area contributed by atoms with Gasteiger partial charge in [0, 0.05) is 12.1 Å². The van der Waals surface area contributed by atoms with Crippen LogP contribution in [0.25, 0.3) is 0 Å². The zero-order chi connectivity index (χ0) is 12.5. The van der Waals surface area contributed by atoms with E-state index in [9.17, 15) is 20.2 Å². The predicted octanol–water partition coefficient (Wildman–Crippen LogP) is 2.93. The molecule has 0 bridgehead atoms. The number of nitrogens with zero attached hydrogens (tertiary/aromatic N) is 2. The van der Waals surface area contributed by atoms with Crippen molar-refractivity contribution in [2.45, 2.75) is 26.7 Å². The topological polar surface area (TPSA) is 86.3 Å². The molecule has 6 nitrogen and oxygen atoms in total. The first-order valence-electron chi connectivity index (χ1n) is 4.78. The van der Waals surface area contributed by atoms with Gasteiger partial charge in [-0.05, 0) is 18.4 Å². The third-order valence-electron chi connectivity index (χ3n) is 2.25. The number of hydrogen-bond donors (Lipinski definition) is 0. The molecule has 16 heavy (non-hydrogen) atoms. The van der Waals surface area contributed by atoms with Crippen molar-refractivity contribution in [2.75, 3.05) is 0 Å². The standard InChI is InChI=1S/C10H12N2O4/c1-6(2)10-8(11(13)14)4-7(3)5-9(10)12(15)16/h4-6H,1-3H3. The second-order valence-electron chi connectivity index (χ2n) is 3.89. The molecule has 0 heterocycles. The highest BCUT2D eigenvalue weighted by Gasteiger charge is 2.27. The maximum Gasteiger partial charge on any atom is 0.280 e. The first-order chi connectivity index (χ1) is 7.34. The molecule has 86 valence electrons. The van der Waals surface area contributed by atoms with Crippen LogP contribution in [0.1, 0.15) is 30.9 Å². The lowest BCUT2D eigenvalue weighted by molar-refractivity contribution is -0.395. The van der Waals surface area contributed by atoms with Crippen LogP contribution in [0.5, 0.6) is 0 Å². The van der Waals surface area contributed by atoms with Gasteiger partial charge >= 0.3 is 0 Å². The first kappa shape index (κ1) is 12.1. The van der Waals surface area contributed by atoms with Crippen molar-refractivity contribution in [3.8, 4) is 0 Å². The van der Waals surface area contributed by atoms with Crippen LogP contribution in [0.15, 0.2) is 12.1 Å².